The summed E-state index contributed by atoms with van der Waals surface area (Å²) in [4.78, 5) is 10.7. The van der Waals surface area contributed by atoms with Crippen molar-refractivity contribution < 1.29 is 4.79 Å². The molecule has 0 saturated heterocycles. The molecule has 0 N–H and O–H groups in total. The molecule has 0 aliphatic heterocycles. The van der Waals surface area contributed by atoms with E-state index in [9.17, 15) is 4.79 Å². The van der Waals surface area contributed by atoms with E-state index in [4.69, 9.17) is 0 Å². The molecule has 1 aromatic heterocycles. The highest BCUT2D eigenvalue weighted by Crippen LogP contribution is 2.13. The van der Waals surface area contributed by atoms with E-state index in [1.165, 1.54) is 5.69 Å². The smallest absolute Gasteiger partial charge is 0.166 e. The Hall–Kier alpha value is -1.05. The van der Waals surface area contributed by atoms with Crippen molar-refractivity contribution in [3.05, 3.63) is 23.0 Å². The van der Waals surface area contributed by atoms with Crippen LogP contribution in [0.25, 0.3) is 0 Å². The largest absolute Gasteiger partial charge is 0.345 e. The summed E-state index contributed by atoms with van der Waals surface area (Å²) in [7, 11) is 1.95. The van der Waals surface area contributed by atoms with Gasteiger partial charge >= 0.3 is 0 Å². The van der Waals surface area contributed by atoms with Crippen molar-refractivity contribution in [3.63, 3.8) is 0 Å². The monoisotopic (exact) mass is 165 g/mol. The predicted octanol–water partition coefficient (Wildman–Crippen LogP) is 1.96. The van der Waals surface area contributed by atoms with Gasteiger partial charge in [-0.1, -0.05) is 13.8 Å². The molecule has 0 aliphatic rings. The first kappa shape index (κ1) is 9.04. The lowest BCUT2D eigenvalue weighted by Crippen LogP contribution is -2.00. The zero-order chi connectivity index (χ0) is 9.14. The molecule has 1 heterocycles. The zero-order valence-electron chi connectivity index (χ0n) is 7.92. The summed E-state index contributed by atoms with van der Waals surface area (Å²) in [6.07, 6.45) is 2.86. The minimum Gasteiger partial charge on any atom is -0.345 e. The van der Waals surface area contributed by atoms with Crippen LogP contribution in [-0.4, -0.2) is 10.9 Å². The van der Waals surface area contributed by atoms with Crippen LogP contribution in [0.2, 0.25) is 0 Å². The van der Waals surface area contributed by atoms with E-state index in [-0.39, 0.29) is 0 Å². The van der Waals surface area contributed by atoms with Gasteiger partial charge in [-0.2, -0.15) is 0 Å². The number of aromatic nitrogens is 1. The van der Waals surface area contributed by atoms with E-state index in [0.717, 1.165) is 30.4 Å². The topological polar surface area (TPSA) is 22.0 Å². The van der Waals surface area contributed by atoms with Gasteiger partial charge in [0.05, 0.1) is 5.69 Å². The Bertz CT molecular complexity index is 286. The van der Waals surface area contributed by atoms with Gasteiger partial charge in [-0.15, -0.1) is 0 Å². The molecule has 1 aromatic rings. The molecule has 0 aliphatic carbocycles. The van der Waals surface area contributed by atoms with Gasteiger partial charge in [0, 0.05) is 12.7 Å². The van der Waals surface area contributed by atoms with E-state index < -0.39 is 0 Å². The number of hydrogen-bond donors (Lipinski definition) is 0. The van der Waals surface area contributed by atoms with Crippen molar-refractivity contribution in [1.82, 2.24) is 4.57 Å². The minimum atomic E-state index is 0.828. The van der Waals surface area contributed by atoms with Crippen LogP contribution in [0.1, 0.15) is 35.6 Å². The molecule has 0 amide bonds. The fourth-order valence-corrected chi connectivity index (χ4v) is 1.52. The Balaban J connectivity index is 3.22. The second-order valence-electron chi connectivity index (χ2n) is 2.93. The molecule has 0 unspecified atom stereocenters. The van der Waals surface area contributed by atoms with Crippen molar-refractivity contribution >= 4 is 6.29 Å². The molecule has 0 atom stereocenters. The second kappa shape index (κ2) is 3.57. The summed E-state index contributed by atoms with van der Waals surface area (Å²) in [5, 5.41) is 0. The average molecular weight is 165 g/mol. The third kappa shape index (κ3) is 1.29. The van der Waals surface area contributed by atoms with Crippen molar-refractivity contribution in [1.29, 1.82) is 0 Å². The van der Waals surface area contributed by atoms with E-state index >= 15 is 0 Å². The number of rotatable bonds is 3. The lowest BCUT2D eigenvalue weighted by Gasteiger charge is -2.00. The highest BCUT2D eigenvalue weighted by atomic mass is 16.1. The van der Waals surface area contributed by atoms with Crippen LogP contribution in [-0.2, 0) is 19.9 Å². The molecule has 2 heteroatoms. The number of carbonyl (C=O) groups is 1. The van der Waals surface area contributed by atoms with Gasteiger partial charge in [0.2, 0.25) is 0 Å². The molecule has 0 radical (unpaired) electrons. The van der Waals surface area contributed by atoms with E-state index in [2.05, 4.69) is 19.9 Å². The first-order chi connectivity index (χ1) is 5.74. The highest BCUT2D eigenvalue weighted by Gasteiger charge is 2.08. The van der Waals surface area contributed by atoms with Crippen LogP contribution in [0.3, 0.4) is 0 Å². The summed E-state index contributed by atoms with van der Waals surface area (Å²) >= 11 is 0. The molecule has 0 saturated carbocycles. The Labute approximate surface area is 73.2 Å². The van der Waals surface area contributed by atoms with Gasteiger partial charge < -0.3 is 4.57 Å². The van der Waals surface area contributed by atoms with Crippen LogP contribution in [0, 0.1) is 0 Å². The second-order valence-corrected chi connectivity index (χ2v) is 2.93. The summed E-state index contributed by atoms with van der Waals surface area (Å²) in [6.45, 7) is 4.17. The lowest BCUT2D eigenvalue weighted by molar-refractivity contribution is 0.111. The Morgan fingerprint density at radius 2 is 2.08 bits per heavy atom. The normalized spacial score (nSPS) is 10.2. The summed E-state index contributed by atoms with van der Waals surface area (Å²) < 4.78 is 1.98. The minimum absolute atomic E-state index is 0.828. The molecular formula is C10H15NO. The predicted molar refractivity (Wildman–Crippen MR) is 49.6 cm³/mol. The molecular weight excluding hydrogens is 150 g/mol. The molecule has 2 nitrogen and oxygen atoms in total. The van der Waals surface area contributed by atoms with Crippen molar-refractivity contribution in [2.24, 2.45) is 7.05 Å². The van der Waals surface area contributed by atoms with Crippen LogP contribution in [0.5, 0.6) is 0 Å². The number of nitrogens with zero attached hydrogens (tertiary/aromatic N) is 1. The first-order valence-electron chi connectivity index (χ1n) is 4.37. The quantitative estimate of drug-likeness (QED) is 0.627. The Kier molecular flexibility index (Phi) is 2.69. The zero-order valence-corrected chi connectivity index (χ0v) is 7.92. The van der Waals surface area contributed by atoms with E-state index in [0.29, 0.717) is 0 Å². The molecule has 0 bridgehead atoms. The third-order valence-electron chi connectivity index (χ3n) is 2.32. The van der Waals surface area contributed by atoms with Crippen LogP contribution in [0.4, 0.5) is 0 Å². The van der Waals surface area contributed by atoms with Crippen LogP contribution in [0.15, 0.2) is 6.07 Å². The number of aldehydes is 1. The number of carbonyl (C=O) groups excluding carboxylic acids is 1. The molecule has 12 heavy (non-hydrogen) atoms. The van der Waals surface area contributed by atoms with Gasteiger partial charge in [0.15, 0.2) is 6.29 Å². The highest BCUT2D eigenvalue weighted by molar-refractivity contribution is 5.75. The van der Waals surface area contributed by atoms with Gasteiger partial charge in [0.25, 0.3) is 0 Å². The van der Waals surface area contributed by atoms with Crippen LogP contribution < -0.4 is 0 Å². The third-order valence-corrected chi connectivity index (χ3v) is 2.32. The molecule has 1 rings (SSSR count). The molecule has 0 fully saturated rings. The SMILES string of the molecule is CCc1cc(CC)n(C)c1C=O. The summed E-state index contributed by atoms with van der Waals surface area (Å²) in [5.41, 5.74) is 3.22. The maximum Gasteiger partial charge on any atom is 0.166 e. The van der Waals surface area contributed by atoms with E-state index in [1.54, 1.807) is 0 Å². The average Bonchev–Trinajstić information content (AvgIpc) is 2.41. The van der Waals surface area contributed by atoms with Gasteiger partial charge in [-0.3, -0.25) is 4.79 Å². The van der Waals surface area contributed by atoms with Crippen molar-refractivity contribution in [2.45, 2.75) is 26.7 Å². The molecule has 0 spiro atoms. The van der Waals surface area contributed by atoms with Crippen molar-refractivity contribution in [3.8, 4) is 0 Å². The standard InChI is InChI=1S/C10H15NO/c1-4-8-6-9(5-2)11(3)10(8)7-12/h6-7H,4-5H2,1-3H3. The Morgan fingerprint density at radius 3 is 2.42 bits per heavy atom. The van der Waals surface area contributed by atoms with Gasteiger partial charge in [-0.05, 0) is 24.5 Å². The van der Waals surface area contributed by atoms with Gasteiger partial charge in [-0.25, -0.2) is 0 Å². The fourth-order valence-electron chi connectivity index (χ4n) is 1.52. The lowest BCUT2D eigenvalue weighted by atomic mass is 10.2. The number of aryl methyl sites for hydroxylation is 2. The van der Waals surface area contributed by atoms with Crippen molar-refractivity contribution in [2.75, 3.05) is 0 Å². The summed E-state index contributed by atoms with van der Waals surface area (Å²) in [5.74, 6) is 0. The maximum atomic E-state index is 10.7. The van der Waals surface area contributed by atoms with Gasteiger partial charge in [0.1, 0.15) is 0 Å². The maximum absolute atomic E-state index is 10.7. The molecule has 66 valence electrons. The fraction of sp³-hybridized carbons (Fsp3) is 0.500. The number of hydrogen-bond acceptors (Lipinski definition) is 1. The van der Waals surface area contributed by atoms with E-state index in [1.807, 2.05) is 11.6 Å². The summed E-state index contributed by atoms with van der Waals surface area (Å²) in [6, 6.07) is 2.11. The van der Waals surface area contributed by atoms with Crippen LogP contribution >= 0.6 is 0 Å². The first-order valence-corrected chi connectivity index (χ1v) is 4.37. The molecule has 0 aromatic carbocycles. The Morgan fingerprint density at radius 1 is 1.42 bits per heavy atom.